The molecule has 0 aliphatic carbocycles. The van der Waals surface area contributed by atoms with E-state index in [0.29, 0.717) is 37.8 Å². The number of guanidine groups is 1. The van der Waals surface area contributed by atoms with Gasteiger partial charge in [0.15, 0.2) is 5.96 Å². The average Bonchev–Trinajstić information content (AvgIpc) is 2.70. The monoisotopic (exact) mass is 512 g/mol. The highest BCUT2D eigenvalue weighted by Gasteiger charge is 2.05. The van der Waals surface area contributed by atoms with Gasteiger partial charge in [-0.05, 0) is 44.2 Å². The van der Waals surface area contributed by atoms with Crippen LogP contribution in [0, 0.1) is 0 Å². The lowest BCUT2D eigenvalue weighted by molar-refractivity contribution is 0.0954. The number of nitrogens with zero attached hydrogens (tertiary/aromatic N) is 1. The number of phenols is 1. The number of amides is 1. The highest BCUT2D eigenvalue weighted by Crippen LogP contribution is 2.18. The molecule has 158 valence electrons. The van der Waals surface area contributed by atoms with Gasteiger partial charge in [0, 0.05) is 30.8 Å². The third-order valence-corrected chi connectivity index (χ3v) is 3.86. The number of nitrogens with one attached hydrogen (secondary N) is 3. The van der Waals surface area contributed by atoms with Crippen LogP contribution in [0.2, 0.25) is 0 Å². The molecule has 0 aliphatic heterocycles. The number of aliphatic imine (C=N–C) groups is 1. The lowest BCUT2D eigenvalue weighted by Gasteiger charge is -2.13. The molecule has 8 heteroatoms. The number of aromatic hydroxyl groups is 1. The molecule has 2 rings (SSSR count). The van der Waals surface area contributed by atoms with Crippen molar-refractivity contribution in [3.8, 4) is 11.5 Å². The molecule has 0 aliphatic rings. The molecule has 0 spiro atoms. The largest absolute Gasteiger partial charge is 0.508 e. The molecular weight excluding hydrogens is 483 g/mol. The van der Waals surface area contributed by atoms with Gasteiger partial charge in [-0.15, -0.1) is 24.0 Å². The Morgan fingerprint density at radius 3 is 2.38 bits per heavy atom. The van der Waals surface area contributed by atoms with Crippen molar-refractivity contribution < 1.29 is 14.6 Å². The second-order valence-electron chi connectivity index (χ2n) is 5.97. The van der Waals surface area contributed by atoms with Crippen molar-refractivity contribution in [3.63, 3.8) is 0 Å². The molecule has 0 heterocycles. The molecule has 0 saturated carbocycles. The number of rotatable bonds is 9. The molecule has 1 amide bonds. The fourth-order valence-corrected chi connectivity index (χ4v) is 2.51. The summed E-state index contributed by atoms with van der Waals surface area (Å²) in [6, 6.07) is 14.0. The maximum Gasteiger partial charge on any atom is 0.251 e. The topological polar surface area (TPSA) is 95.0 Å². The fourth-order valence-electron chi connectivity index (χ4n) is 2.51. The summed E-state index contributed by atoms with van der Waals surface area (Å²) in [7, 11) is 0. The van der Waals surface area contributed by atoms with E-state index < -0.39 is 0 Å². The summed E-state index contributed by atoms with van der Waals surface area (Å²) in [5, 5.41) is 18.5. The molecule has 4 N–H and O–H groups in total. The van der Waals surface area contributed by atoms with Gasteiger partial charge >= 0.3 is 0 Å². The summed E-state index contributed by atoms with van der Waals surface area (Å²) in [5.41, 5.74) is 1.52. The Balaban J connectivity index is 0.00000420. The third kappa shape index (κ3) is 8.59. The Bertz CT molecular complexity index is 782. The fraction of sp³-hybridized carbons (Fsp3) is 0.333. The molecule has 0 unspecified atom stereocenters. The predicted molar refractivity (Wildman–Crippen MR) is 126 cm³/mol. The van der Waals surface area contributed by atoms with Gasteiger partial charge in [-0.1, -0.05) is 18.2 Å². The summed E-state index contributed by atoms with van der Waals surface area (Å²) in [5.74, 6) is 1.46. The van der Waals surface area contributed by atoms with Crippen LogP contribution < -0.4 is 20.7 Å². The summed E-state index contributed by atoms with van der Waals surface area (Å²) >= 11 is 0. The third-order valence-electron chi connectivity index (χ3n) is 3.86. The first-order valence-corrected chi connectivity index (χ1v) is 9.44. The Hall–Kier alpha value is -2.49. The smallest absolute Gasteiger partial charge is 0.251 e. The molecule has 0 bridgehead atoms. The van der Waals surface area contributed by atoms with Crippen LogP contribution in [0.5, 0.6) is 11.5 Å². The van der Waals surface area contributed by atoms with E-state index in [9.17, 15) is 9.90 Å². The van der Waals surface area contributed by atoms with Gasteiger partial charge < -0.3 is 25.8 Å². The summed E-state index contributed by atoms with van der Waals surface area (Å²) in [6.45, 7) is 6.77. The van der Waals surface area contributed by atoms with Gasteiger partial charge in [0.2, 0.25) is 0 Å². The van der Waals surface area contributed by atoms with Crippen molar-refractivity contribution in [1.29, 1.82) is 0 Å². The lowest BCUT2D eigenvalue weighted by atomic mass is 10.2. The molecule has 2 aromatic rings. The van der Waals surface area contributed by atoms with Crippen molar-refractivity contribution >= 4 is 35.8 Å². The van der Waals surface area contributed by atoms with E-state index in [2.05, 4.69) is 20.9 Å². The average molecular weight is 512 g/mol. The van der Waals surface area contributed by atoms with E-state index in [1.807, 2.05) is 38.1 Å². The van der Waals surface area contributed by atoms with Gasteiger partial charge in [-0.3, -0.25) is 4.79 Å². The zero-order valence-corrected chi connectivity index (χ0v) is 19.1. The minimum absolute atomic E-state index is 0. The number of para-hydroxylation sites is 1. The minimum atomic E-state index is -0.186. The molecule has 0 saturated heterocycles. The van der Waals surface area contributed by atoms with Crippen molar-refractivity contribution in [1.82, 2.24) is 16.0 Å². The number of ether oxygens (including phenoxy) is 1. The summed E-state index contributed by atoms with van der Waals surface area (Å²) < 4.78 is 5.63. The van der Waals surface area contributed by atoms with Crippen LogP contribution >= 0.6 is 24.0 Å². The van der Waals surface area contributed by atoms with Crippen LogP contribution in [0.1, 0.15) is 29.8 Å². The Morgan fingerprint density at radius 1 is 1.00 bits per heavy atom. The van der Waals surface area contributed by atoms with E-state index >= 15 is 0 Å². The first kappa shape index (κ1) is 24.5. The standard InChI is InChI=1S/C21H28N4O3.HI/c1-3-22-21(25-15-17-7-5-6-8-19(17)28-4-2)24-14-13-23-20(27)16-9-11-18(26)12-10-16;/h5-12,26H,3-4,13-15H2,1-2H3,(H,23,27)(H2,22,24,25);1H. The molecular formula is C21H29IN4O3. The van der Waals surface area contributed by atoms with E-state index in [1.165, 1.54) is 12.1 Å². The quantitative estimate of drug-likeness (QED) is 0.180. The van der Waals surface area contributed by atoms with Gasteiger partial charge in [0.1, 0.15) is 11.5 Å². The lowest BCUT2D eigenvalue weighted by Crippen LogP contribution is -2.41. The number of phenolic OH excluding ortho intramolecular Hbond substituents is 1. The Morgan fingerprint density at radius 2 is 1.69 bits per heavy atom. The van der Waals surface area contributed by atoms with Crippen molar-refractivity contribution in [2.45, 2.75) is 20.4 Å². The molecule has 0 atom stereocenters. The first-order valence-electron chi connectivity index (χ1n) is 9.44. The van der Waals surface area contributed by atoms with Gasteiger partial charge in [0.05, 0.1) is 13.2 Å². The number of carbonyl (C=O) groups excluding carboxylic acids is 1. The number of hydrogen-bond donors (Lipinski definition) is 4. The summed E-state index contributed by atoms with van der Waals surface area (Å²) in [4.78, 5) is 16.6. The van der Waals surface area contributed by atoms with E-state index in [1.54, 1.807) is 12.1 Å². The zero-order chi connectivity index (χ0) is 20.2. The molecule has 2 aromatic carbocycles. The second kappa shape index (κ2) is 13.6. The van der Waals surface area contributed by atoms with Crippen molar-refractivity contribution in [2.75, 3.05) is 26.2 Å². The van der Waals surface area contributed by atoms with Crippen molar-refractivity contribution in [3.05, 3.63) is 59.7 Å². The van der Waals surface area contributed by atoms with Crippen LogP contribution in [-0.2, 0) is 6.54 Å². The van der Waals surface area contributed by atoms with Crippen LogP contribution in [0.15, 0.2) is 53.5 Å². The Labute approximate surface area is 189 Å². The predicted octanol–water partition coefficient (Wildman–Crippen LogP) is 2.89. The zero-order valence-electron chi connectivity index (χ0n) is 16.8. The van der Waals surface area contributed by atoms with E-state index in [4.69, 9.17) is 4.74 Å². The molecule has 29 heavy (non-hydrogen) atoms. The minimum Gasteiger partial charge on any atom is -0.508 e. The van der Waals surface area contributed by atoms with E-state index in [-0.39, 0.29) is 35.6 Å². The van der Waals surface area contributed by atoms with Crippen LogP contribution in [0.4, 0.5) is 0 Å². The molecule has 0 fully saturated rings. The normalized spacial score (nSPS) is 10.6. The van der Waals surface area contributed by atoms with Crippen LogP contribution in [0.25, 0.3) is 0 Å². The molecule has 0 aromatic heterocycles. The van der Waals surface area contributed by atoms with Crippen molar-refractivity contribution in [2.24, 2.45) is 4.99 Å². The second-order valence-corrected chi connectivity index (χ2v) is 5.97. The first-order chi connectivity index (χ1) is 13.6. The Kier molecular flexibility index (Phi) is 11.6. The highest BCUT2D eigenvalue weighted by molar-refractivity contribution is 14.0. The van der Waals surface area contributed by atoms with Crippen LogP contribution in [-0.4, -0.2) is 43.2 Å². The van der Waals surface area contributed by atoms with Gasteiger partial charge in [0.25, 0.3) is 5.91 Å². The number of benzene rings is 2. The number of halogens is 1. The molecule has 0 radical (unpaired) electrons. The maximum atomic E-state index is 12.1. The number of hydrogen-bond acceptors (Lipinski definition) is 4. The van der Waals surface area contributed by atoms with Gasteiger partial charge in [-0.2, -0.15) is 0 Å². The molecule has 7 nitrogen and oxygen atoms in total. The van der Waals surface area contributed by atoms with Gasteiger partial charge in [-0.25, -0.2) is 4.99 Å². The number of carbonyl (C=O) groups is 1. The maximum absolute atomic E-state index is 12.1. The summed E-state index contributed by atoms with van der Waals surface area (Å²) in [6.07, 6.45) is 0. The highest BCUT2D eigenvalue weighted by atomic mass is 127. The van der Waals surface area contributed by atoms with Crippen LogP contribution in [0.3, 0.4) is 0 Å². The van der Waals surface area contributed by atoms with E-state index in [0.717, 1.165) is 17.9 Å². The SMILES string of the molecule is CCNC(=NCc1ccccc1OCC)NCCNC(=O)c1ccc(O)cc1.I.